The van der Waals surface area contributed by atoms with E-state index in [1.54, 1.807) is 6.26 Å². The summed E-state index contributed by atoms with van der Waals surface area (Å²) < 4.78 is 7.68. The predicted molar refractivity (Wildman–Crippen MR) is 124 cm³/mol. The molecule has 1 saturated carbocycles. The smallest absolute Gasteiger partial charge is 0.157 e. The second-order valence-corrected chi connectivity index (χ2v) is 8.65. The number of nitrogens with zero attached hydrogens (tertiary/aromatic N) is 4. The Bertz CT molecular complexity index is 1200. The fraction of sp³-hybridized carbons (Fsp3) is 0.320. The van der Waals surface area contributed by atoms with Crippen LogP contribution in [0.25, 0.3) is 16.7 Å². The van der Waals surface area contributed by atoms with Gasteiger partial charge in [-0.25, -0.2) is 4.68 Å². The van der Waals surface area contributed by atoms with E-state index in [2.05, 4.69) is 40.1 Å². The molecule has 1 aliphatic carbocycles. The first-order chi connectivity index (χ1) is 15.3. The van der Waals surface area contributed by atoms with E-state index in [1.807, 2.05) is 28.9 Å². The van der Waals surface area contributed by atoms with Crippen LogP contribution >= 0.6 is 0 Å². The Hall–Kier alpha value is -3.25. The van der Waals surface area contributed by atoms with Crippen LogP contribution in [0.5, 0.6) is 0 Å². The lowest BCUT2D eigenvalue weighted by molar-refractivity contribution is 0.249. The van der Waals surface area contributed by atoms with Gasteiger partial charge < -0.3 is 15.1 Å². The number of fused-ring (bicyclic) bond motifs is 1. The first-order valence-electron chi connectivity index (χ1n) is 11.1. The summed E-state index contributed by atoms with van der Waals surface area (Å²) in [6.07, 6.45) is 4.22. The van der Waals surface area contributed by atoms with Crippen molar-refractivity contribution in [3.8, 4) is 5.69 Å². The Morgan fingerprint density at radius 2 is 1.74 bits per heavy atom. The van der Waals surface area contributed by atoms with Crippen LogP contribution in [0.1, 0.15) is 30.0 Å². The van der Waals surface area contributed by atoms with Crippen LogP contribution in [-0.2, 0) is 6.54 Å². The number of para-hydroxylation sites is 2. The Morgan fingerprint density at radius 3 is 2.52 bits per heavy atom. The van der Waals surface area contributed by atoms with Crippen LogP contribution in [-0.4, -0.2) is 40.9 Å². The molecule has 0 amide bonds. The number of nitrogen functional groups attached to an aromatic ring is 1. The summed E-state index contributed by atoms with van der Waals surface area (Å²) in [6, 6.07) is 18.6. The van der Waals surface area contributed by atoms with E-state index < -0.39 is 0 Å². The zero-order valence-corrected chi connectivity index (χ0v) is 17.6. The third kappa shape index (κ3) is 3.37. The maximum absolute atomic E-state index is 6.64. The second kappa shape index (κ2) is 7.46. The largest absolute Gasteiger partial charge is 0.462 e. The standard InChI is InChI=1S/C25H27N5O/c26-25-21(23(18-9-10-18)27-30(25)20-6-2-1-3-7-20)17-28-12-14-29(15-13-28)22-8-4-5-19-11-16-31-24(19)22/h1-8,11,16,18H,9-10,12-15,17,26H2. The van der Waals surface area contributed by atoms with Gasteiger partial charge in [-0.05, 0) is 37.1 Å². The number of anilines is 2. The molecule has 31 heavy (non-hydrogen) atoms. The fourth-order valence-electron chi connectivity index (χ4n) is 4.69. The van der Waals surface area contributed by atoms with Gasteiger partial charge in [0.25, 0.3) is 0 Å². The van der Waals surface area contributed by atoms with Crippen molar-refractivity contribution in [2.75, 3.05) is 36.8 Å². The molecule has 0 unspecified atom stereocenters. The van der Waals surface area contributed by atoms with Crippen molar-refractivity contribution in [2.45, 2.75) is 25.3 Å². The molecule has 0 bridgehead atoms. The van der Waals surface area contributed by atoms with Crippen LogP contribution in [0.15, 0.2) is 65.3 Å². The first-order valence-corrected chi connectivity index (χ1v) is 11.1. The van der Waals surface area contributed by atoms with Gasteiger partial charge in [0.1, 0.15) is 5.82 Å². The molecule has 6 heteroatoms. The third-order valence-corrected chi connectivity index (χ3v) is 6.57. The molecule has 2 aromatic carbocycles. The van der Waals surface area contributed by atoms with Crippen LogP contribution in [0, 0.1) is 0 Å². The highest BCUT2D eigenvalue weighted by Gasteiger charge is 2.32. The number of rotatable bonds is 5. The van der Waals surface area contributed by atoms with E-state index in [0.29, 0.717) is 5.92 Å². The number of hydrogen-bond donors (Lipinski definition) is 1. The molecular formula is C25H27N5O. The van der Waals surface area contributed by atoms with Gasteiger partial charge in [0.2, 0.25) is 0 Å². The zero-order chi connectivity index (χ0) is 20.8. The lowest BCUT2D eigenvalue weighted by Crippen LogP contribution is -2.46. The molecule has 2 aromatic heterocycles. The van der Waals surface area contributed by atoms with Gasteiger partial charge in [-0.2, -0.15) is 5.10 Å². The van der Waals surface area contributed by atoms with Gasteiger partial charge >= 0.3 is 0 Å². The van der Waals surface area contributed by atoms with Crippen molar-refractivity contribution in [3.05, 3.63) is 72.1 Å². The molecule has 2 aliphatic rings. The minimum absolute atomic E-state index is 0.570. The summed E-state index contributed by atoms with van der Waals surface area (Å²) in [5.74, 6) is 1.36. The van der Waals surface area contributed by atoms with Gasteiger partial charge in [0.05, 0.1) is 23.3 Å². The summed E-state index contributed by atoms with van der Waals surface area (Å²) in [5, 5.41) is 6.10. The molecule has 6 nitrogen and oxygen atoms in total. The van der Waals surface area contributed by atoms with Gasteiger partial charge in [-0.15, -0.1) is 0 Å². The van der Waals surface area contributed by atoms with Crippen LogP contribution in [0.3, 0.4) is 0 Å². The number of aromatic nitrogens is 2. The van der Waals surface area contributed by atoms with E-state index in [0.717, 1.165) is 55.2 Å². The summed E-state index contributed by atoms with van der Waals surface area (Å²) in [4.78, 5) is 4.94. The van der Waals surface area contributed by atoms with Gasteiger partial charge in [0.15, 0.2) is 5.58 Å². The molecule has 0 atom stereocenters. The molecule has 6 rings (SSSR count). The first kappa shape index (κ1) is 18.5. The van der Waals surface area contributed by atoms with E-state index >= 15 is 0 Å². The second-order valence-electron chi connectivity index (χ2n) is 8.65. The van der Waals surface area contributed by atoms with Crippen LogP contribution in [0.2, 0.25) is 0 Å². The van der Waals surface area contributed by atoms with Crippen molar-refractivity contribution in [1.29, 1.82) is 0 Å². The molecule has 1 saturated heterocycles. The van der Waals surface area contributed by atoms with Crippen molar-refractivity contribution in [3.63, 3.8) is 0 Å². The van der Waals surface area contributed by atoms with Crippen LogP contribution in [0.4, 0.5) is 11.5 Å². The van der Waals surface area contributed by atoms with Crippen molar-refractivity contribution < 1.29 is 4.42 Å². The van der Waals surface area contributed by atoms with Gasteiger partial charge in [-0.3, -0.25) is 4.90 Å². The fourth-order valence-corrected chi connectivity index (χ4v) is 4.69. The maximum atomic E-state index is 6.64. The molecule has 2 N–H and O–H groups in total. The Kier molecular flexibility index (Phi) is 4.46. The highest BCUT2D eigenvalue weighted by molar-refractivity contribution is 5.89. The van der Waals surface area contributed by atoms with Gasteiger partial charge in [-0.1, -0.05) is 30.3 Å². The number of benzene rings is 2. The molecule has 0 spiro atoms. The molecule has 1 aliphatic heterocycles. The Balaban J connectivity index is 1.21. The summed E-state index contributed by atoms with van der Waals surface area (Å²) >= 11 is 0. The van der Waals surface area contributed by atoms with E-state index in [9.17, 15) is 0 Å². The molecule has 4 aromatic rings. The minimum Gasteiger partial charge on any atom is -0.462 e. The zero-order valence-electron chi connectivity index (χ0n) is 17.6. The van der Waals surface area contributed by atoms with Crippen LogP contribution < -0.4 is 10.6 Å². The number of piperazine rings is 1. The van der Waals surface area contributed by atoms with Crippen molar-refractivity contribution in [2.24, 2.45) is 0 Å². The van der Waals surface area contributed by atoms with E-state index in [1.165, 1.54) is 29.8 Å². The number of hydrogen-bond acceptors (Lipinski definition) is 5. The maximum Gasteiger partial charge on any atom is 0.157 e. The lowest BCUT2D eigenvalue weighted by Gasteiger charge is -2.36. The minimum atomic E-state index is 0.570. The molecular weight excluding hydrogens is 386 g/mol. The number of furan rings is 1. The highest BCUT2D eigenvalue weighted by atomic mass is 16.3. The van der Waals surface area contributed by atoms with E-state index in [4.69, 9.17) is 15.2 Å². The Labute approximate surface area is 181 Å². The van der Waals surface area contributed by atoms with Gasteiger partial charge in [0, 0.05) is 49.6 Å². The average Bonchev–Trinajstić information content (AvgIpc) is 3.45. The SMILES string of the molecule is Nc1c(CN2CCN(c3cccc4ccoc34)CC2)c(C2CC2)nn1-c1ccccc1. The normalized spacial score (nSPS) is 17.5. The summed E-state index contributed by atoms with van der Waals surface area (Å²) in [5.41, 5.74) is 12.3. The summed E-state index contributed by atoms with van der Waals surface area (Å²) in [7, 11) is 0. The molecule has 158 valence electrons. The lowest BCUT2D eigenvalue weighted by atomic mass is 10.1. The predicted octanol–water partition coefficient (Wildman–Crippen LogP) is 4.40. The quantitative estimate of drug-likeness (QED) is 0.525. The average molecular weight is 414 g/mol. The monoisotopic (exact) mass is 413 g/mol. The summed E-state index contributed by atoms with van der Waals surface area (Å²) in [6.45, 7) is 4.81. The Morgan fingerprint density at radius 1 is 0.935 bits per heavy atom. The third-order valence-electron chi connectivity index (χ3n) is 6.57. The van der Waals surface area contributed by atoms with E-state index in [-0.39, 0.29) is 0 Å². The molecule has 3 heterocycles. The van der Waals surface area contributed by atoms with Crippen molar-refractivity contribution in [1.82, 2.24) is 14.7 Å². The molecule has 0 radical (unpaired) electrons. The molecule has 2 fully saturated rings. The number of nitrogens with two attached hydrogens (primary N) is 1. The topological polar surface area (TPSA) is 63.5 Å². The highest BCUT2D eigenvalue weighted by Crippen LogP contribution is 2.43. The van der Waals surface area contributed by atoms with Crippen molar-refractivity contribution >= 4 is 22.5 Å².